The Morgan fingerprint density at radius 3 is 2.62 bits per heavy atom. The maximum Gasteiger partial charge on any atom is 0.258 e. The molecule has 2 heteroatoms. The van der Waals surface area contributed by atoms with Gasteiger partial charge in [0.05, 0.1) is 6.07 Å². The zero-order valence-electron chi connectivity index (χ0n) is 7.60. The molecule has 66 valence electrons. The fourth-order valence-corrected chi connectivity index (χ4v) is 1.36. The van der Waals surface area contributed by atoms with E-state index in [2.05, 4.69) is 6.92 Å². The maximum atomic E-state index is 5.36. The molecular formula is C11H12NO+. The number of hydrogen-bond acceptors (Lipinski definition) is 1. The fourth-order valence-electron chi connectivity index (χ4n) is 1.36. The molecule has 2 rings (SSSR count). The van der Waals surface area contributed by atoms with Gasteiger partial charge in [-0.1, -0.05) is 25.1 Å². The molecule has 1 aromatic heterocycles. The highest BCUT2D eigenvalue weighted by atomic mass is 16.5. The van der Waals surface area contributed by atoms with Gasteiger partial charge in [0.1, 0.15) is 0 Å². The molecule has 0 aliphatic rings. The van der Waals surface area contributed by atoms with Crippen LogP contribution in [0, 0.1) is 0 Å². The van der Waals surface area contributed by atoms with E-state index in [4.69, 9.17) is 4.52 Å². The second kappa shape index (κ2) is 3.44. The maximum absolute atomic E-state index is 5.36. The van der Waals surface area contributed by atoms with Gasteiger partial charge in [0.2, 0.25) is 5.69 Å². The minimum Gasteiger partial charge on any atom is -0.238 e. The first-order valence-electron chi connectivity index (χ1n) is 4.46. The molecule has 0 amide bonds. The fraction of sp³-hybridized carbons (Fsp3) is 0.182. The van der Waals surface area contributed by atoms with E-state index in [0.717, 1.165) is 12.1 Å². The van der Waals surface area contributed by atoms with Gasteiger partial charge in [-0.2, -0.15) is 0 Å². The lowest BCUT2D eigenvalue weighted by Gasteiger charge is -1.90. The van der Waals surface area contributed by atoms with E-state index in [-0.39, 0.29) is 0 Å². The Balaban J connectivity index is 2.47. The van der Waals surface area contributed by atoms with Crippen molar-refractivity contribution in [3.63, 3.8) is 0 Å². The molecule has 0 saturated carbocycles. The van der Waals surface area contributed by atoms with Crippen LogP contribution < -0.4 is 4.74 Å². The minimum absolute atomic E-state index is 0.978. The lowest BCUT2D eigenvalue weighted by atomic mass is 10.3. The summed E-state index contributed by atoms with van der Waals surface area (Å²) >= 11 is 0. The molecule has 13 heavy (non-hydrogen) atoms. The monoisotopic (exact) mass is 174 g/mol. The Kier molecular flexibility index (Phi) is 2.13. The first-order valence-corrected chi connectivity index (χ1v) is 4.46. The number of aryl methyl sites for hydroxylation is 1. The topological polar surface area (TPSA) is 17.0 Å². The summed E-state index contributed by atoms with van der Waals surface area (Å²) in [4.78, 5) is 0. The predicted octanol–water partition coefficient (Wildman–Crippen LogP) is 2.12. The molecule has 0 fully saturated rings. The SMILES string of the molecule is CCc1cco[n+]1-c1ccccc1. The highest BCUT2D eigenvalue weighted by molar-refractivity contribution is 5.21. The molecule has 1 heterocycles. The summed E-state index contributed by atoms with van der Waals surface area (Å²) in [5, 5.41) is 0. The molecule has 0 aliphatic carbocycles. The molecule has 0 spiro atoms. The van der Waals surface area contributed by atoms with E-state index in [1.54, 1.807) is 6.26 Å². The largest absolute Gasteiger partial charge is 0.258 e. The highest BCUT2D eigenvalue weighted by Crippen LogP contribution is 2.02. The van der Waals surface area contributed by atoms with Gasteiger partial charge in [0, 0.05) is 23.3 Å². The highest BCUT2D eigenvalue weighted by Gasteiger charge is 2.14. The lowest BCUT2D eigenvalue weighted by Crippen LogP contribution is -2.31. The summed E-state index contributed by atoms with van der Waals surface area (Å²) in [6, 6.07) is 12.1. The molecule has 0 aliphatic heterocycles. The number of para-hydroxylation sites is 1. The van der Waals surface area contributed by atoms with Crippen LogP contribution in [-0.2, 0) is 6.42 Å². The summed E-state index contributed by atoms with van der Waals surface area (Å²) in [6.07, 6.45) is 2.69. The van der Waals surface area contributed by atoms with Gasteiger partial charge in [-0.15, -0.1) is 0 Å². The molecule has 0 saturated heterocycles. The second-order valence-electron chi connectivity index (χ2n) is 2.88. The van der Waals surface area contributed by atoms with Gasteiger partial charge in [-0.25, -0.2) is 4.52 Å². The Labute approximate surface area is 77.4 Å². The second-order valence-corrected chi connectivity index (χ2v) is 2.88. The van der Waals surface area contributed by atoms with Crippen LogP contribution in [0.4, 0.5) is 0 Å². The minimum atomic E-state index is 0.978. The summed E-state index contributed by atoms with van der Waals surface area (Å²) in [6.45, 7) is 2.12. The van der Waals surface area contributed by atoms with Crippen molar-refractivity contribution < 1.29 is 9.26 Å². The summed E-state index contributed by atoms with van der Waals surface area (Å²) in [5.41, 5.74) is 2.26. The van der Waals surface area contributed by atoms with Gasteiger partial charge in [0.25, 0.3) is 5.69 Å². The van der Waals surface area contributed by atoms with Gasteiger partial charge in [-0.3, -0.25) is 0 Å². The predicted molar refractivity (Wildman–Crippen MR) is 49.6 cm³/mol. The Morgan fingerprint density at radius 1 is 1.15 bits per heavy atom. The van der Waals surface area contributed by atoms with E-state index in [1.165, 1.54) is 5.69 Å². The molecule has 0 radical (unpaired) electrons. The van der Waals surface area contributed by atoms with Crippen molar-refractivity contribution in [2.24, 2.45) is 0 Å². The average Bonchev–Trinajstić information content (AvgIpc) is 2.67. The first kappa shape index (κ1) is 8.05. The number of aromatic nitrogens is 1. The van der Waals surface area contributed by atoms with Crippen molar-refractivity contribution in [3.8, 4) is 5.69 Å². The van der Waals surface area contributed by atoms with E-state index in [9.17, 15) is 0 Å². The number of nitrogens with zero attached hydrogens (tertiary/aromatic N) is 1. The number of benzene rings is 1. The van der Waals surface area contributed by atoms with E-state index < -0.39 is 0 Å². The molecule has 2 aromatic rings. The normalized spacial score (nSPS) is 10.2. The summed E-state index contributed by atoms with van der Waals surface area (Å²) < 4.78 is 7.21. The average molecular weight is 174 g/mol. The summed E-state index contributed by atoms with van der Waals surface area (Å²) in [5.74, 6) is 0. The third-order valence-corrected chi connectivity index (χ3v) is 2.04. The third kappa shape index (κ3) is 1.47. The van der Waals surface area contributed by atoms with Crippen molar-refractivity contribution in [1.29, 1.82) is 0 Å². The summed E-state index contributed by atoms with van der Waals surface area (Å²) in [7, 11) is 0. The van der Waals surface area contributed by atoms with Crippen LogP contribution in [-0.4, -0.2) is 0 Å². The van der Waals surface area contributed by atoms with Gasteiger partial charge in [0.15, 0.2) is 6.26 Å². The molecule has 0 N–H and O–H groups in total. The Morgan fingerprint density at radius 2 is 1.92 bits per heavy atom. The van der Waals surface area contributed by atoms with Crippen LogP contribution in [0.3, 0.4) is 0 Å². The van der Waals surface area contributed by atoms with Gasteiger partial charge >= 0.3 is 0 Å². The third-order valence-electron chi connectivity index (χ3n) is 2.04. The molecule has 0 unspecified atom stereocenters. The van der Waals surface area contributed by atoms with Crippen molar-refractivity contribution >= 4 is 0 Å². The van der Waals surface area contributed by atoms with Crippen LogP contribution in [0.2, 0.25) is 0 Å². The van der Waals surface area contributed by atoms with Gasteiger partial charge in [-0.05, 0) is 0 Å². The molecule has 2 nitrogen and oxygen atoms in total. The van der Waals surface area contributed by atoms with Crippen molar-refractivity contribution in [1.82, 2.24) is 0 Å². The van der Waals surface area contributed by atoms with Crippen LogP contribution in [0.15, 0.2) is 47.2 Å². The van der Waals surface area contributed by atoms with Crippen LogP contribution in [0.1, 0.15) is 12.6 Å². The van der Waals surface area contributed by atoms with Crippen molar-refractivity contribution in [2.75, 3.05) is 0 Å². The van der Waals surface area contributed by atoms with E-state index in [1.807, 2.05) is 41.1 Å². The Bertz CT molecular complexity index is 378. The van der Waals surface area contributed by atoms with Crippen molar-refractivity contribution in [3.05, 3.63) is 48.4 Å². The molecule has 1 aromatic carbocycles. The van der Waals surface area contributed by atoms with E-state index in [0.29, 0.717) is 0 Å². The Hall–Kier alpha value is -1.57. The molecule has 0 atom stereocenters. The number of rotatable bonds is 2. The molecule has 0 bridgehead atoms. The standard InChI is InChI=1S/C11H12NO/c1-2-10-8-9-13-12(10)11-6-4-3-5-7-11/h3-9H,2H2,1H3/q+1. The van der Waals surface area contributed by atoms with Gasteiger partial charge < -0.3 is 0 Å². The lowest BCUT2D eigenvalue weighted by molar-refractivity contribution is -0.789. The zero-order valence-corrected chi connectivity index (χ0v) is 7.60. The molecular weight excluding hydrogens is 162 g/mol. The van der Waals surface area contributed by atoms with Crippen LogP contribution in [0.25, 0.3) is 5.69 Å². The quantitative estimate of drug-likeness (QED) is 0.637. The van der Waals surface area contributed by atoms with Crippen LogP contribution >= 0.6 is 0 Å². The smallest absolute Gasteiger partial charge is 0.238 e. The van der Waals surface area contributed by atoms with E-state index >= 15 is 0 Å². The first-order chi connectivity index (χ1) is 6.42. The van der Waals surface area contributed by atoms with Crippen molar-refractivity contribution in [2.45, 2.75) is 13.3 Å². The number of hydrogen-bond donors (Lipinski definition) is 0. The zero-order chi connectivity index (χ0) is 9.10. The van der Waals surface area contributed by atoms with Crippen LogP contribution in [0.5, 0.6) is 0 Å².